The number of hydrogen-bond donors (Lipinski definition) is 1. The van der Waals surface area contributed by atoms with E-state index in [-0.39, 0.29) is 17.3 Å². The molecule has 1 aliphatic heterocycles. The molecule has 1 aromatic rings. The van der Waals surface area contributed by atoms with E-state index in [2.05, 4.69) is 17.2 Å². The van der Waals surface area contributed by atoms with E-state index in [9.17, 15) is 13.6 Å². The summed E-state index contributed by atoms with van der Waals surface area (Å²) in [6.07, 6.45) is 2.07. The highest BCUT2D eigenvalue weighted by molar-refractivity contribution is 5.88. The molecule has 132 valence electrons. The van der Waals surface area contributed by atoms with E-state index < -0.39 is 13.0 Å². The lowest BCUT2D eigenvalue weighted by Gasteiger charge is -2.52. The van der Waals surface area contributed by atoms with Crippen LogP contribution in [0.3, 0.4) is 0 Å². The number of halogens is 2. The van der Waals surface area contributed by atoms with Gasteiger partial charge in [-0.15, -0.1) is 0 Å². The molecule has 0 bridgehead atoms. The largest absolute Gasteiger partial charge is 0.472 e. The number of anilines is 1. The smallest absolute Gasteiger partial charge is 0.323 e. The van der Waals surface area contributed by atoms with E-state index in [4.69, 9.17) is 4.74 Å². The Morgan fingerprint density at radius 1 is 1.50 bits per heavy atom. The Balaban J connectivity index is 1.59. The molecule has 24 heavy (non-hydrogen) atoms. The van der Waals surface area contributed by atoms with Gasteiger partial charge in [0.1, 0.15) is 5.82 Å². The average Bonchev–Trinajstić information content (AvgIpc) is 2.52. The van der Waals surface area contributed by atoms with Gasteiger partial charge in [0.2, 0.25) is 5.88 Å². The van der Waals surface area contributed by atoms with Crippen LogP contribution in [-0.4, -0.2) is 42.0 Å². The van der Waals surface area contributed by atoms with Crippen LogP contribution >= 0.6 is 0 Å². The summed E-state index contributed by atoms with van der Waals surface area (Å²) in [6, 6.07) is 4.55. The number of hydrogen-bond acceptors (Lipinski definition) is 3. The zero-order valence-electron chi connectivity index (χ0n) is 13.8. The summed E-state index contributed by atoms with van der Waals surface area (Å²) in [7, 11) is 0. The Labute approximate surface area is 140 Å². The highest BCUT2D eigenvalue weighted by atomic mass is 19.3. The number of rotatable bonds is 4. The predicted octanol–water partition coefficient (Wildman–Crippen LogP) is 3.77. The molecule has 0 aromatic carbocycles. The average molecular weight is 339 g/mol. The molecule has 1 atom stereocenters. The van der Waals surface area contributed by atoms with E-state index in [0.717, 1.165) is 19.5 Å². The zero-order valence-corrected chi connectivity index (χ0v) is 13.8. The van der Waals surface area contributed by atoms with Gasteiger partial charge in [-0.1, -0.05) is 19.4 Å². The quantitative estimate of drug-likeness (QED) is 0.908. The Bertz CT molecular complexity index is 593. The Kier molecular flexibility index (Phi) is 4.87. The molecule has 1 saturated carbocycles. The van der Waals surface area contributed by atoms with Crippen molar-refractivity contribution in [3.8, 4) is 5.88 Å². The van der Waals surface area contributed by atoms with E-state index >= 15 is 0 Å². The fourth-order valence-electron chi connectivity index (χ4n) is 3.63. The van der Waals surface area contributed by atoms with Crippen molar-refractivity contribution in [2.45, 2.75) is 39.0 Å². The van der Waals surface area contributed by atoms with Crippen LogP contribution in [0.5, 0.6) is 5.88 Å². The second kappa shape index (κ2) is 6.91. The van der Waals surface area contributed by atoms with E-state index in [1.54, 1.807) is 12.1 Å². The maximum Gasteiger partial charge on any atom is 0.323 e. The van der Waals surface area contributed by atoms with Crippen molar-refractivity contribution in [1.29, 1.82) is 0 Å². The molecular formula is C17H23F2N3O2. The highest BCUT2D eigenvalue weighted by Crippen LogP contribution is 2.50. The van der Waals surface area contributed by atoms with Gasteiger partial charge in [0, 0.05) is 19.2 Å². The number of piperidine rings is 1. The molecule has 7 heteroatoms. The maximum absolute atomic E-state index is 12.5. The van der Waals surface area contributed by atoms with Gasteiger partial charge in [-0.3, -0.25) is 5.32 Å². The number of nitrogens with one attached hydrogen (secondary N) is 1. The number of nitrogens with zero attached hydrogens (tertiary/aromatic N) is 2. The van der Waals surface area contributed by atoms with Crippen LogP contribution in [0.25, 0.3) is 0 Å². The van der Waals surface area contributed by atoms with Crippen LogP contribution in [0.15, 0.2) is 18.2 Å². The molecule has 1 N–H and O–H groups in total. The van der Waals surface area contributed by atoms with Crippen molar-refractivity contribution in [2.75, 3.05) is 25.0 Å². The molecule has 2 fully saturated rings. The molecule has 2 amide bonds. The molecule has 3 rings (SSSR count). The zero-order chi connectivity index (χ0) is 17.2. The normalized spacial score (nSPS) is 22.3. The van der Waals surface area contributed by atoms with Crippen molar-refractivity contribution in [2.24, 2.45) is 11.3 Å². The third-order valence-corrected chi connectivity index (χ3v) is 5.34. The van der Waals surface area contributed by atoms with E-state index in [1.807, 2.05) is 4.90 Å². The fourth-order valence-corrected chi connectivity index (χ4v) is 3.63. The van der Waals surface area contributed by atoms with Gasteiger partial charge in [-0.05, 0) is 36.7 Å². The lowest BCUT2D eigenvalue weighted by molar-refractivity contribution is -0.0108. The number of carbonyl (C=O) groups excluding carboxylic acids is 1. The van der Waals surface area contributed by atoms with Crippen molar-refractivity contribution in [3.63, 3.8) is 0 Å². The lowest BCUT2D eigenvalue weighted by Crippen LogP contribution is -2.54. The monoisotopic (exact) mass is 339 g/mol. The number of ether oxygens (including phenoxy) is 1. The summed E-state index contributed by atoms with van der Waals surface area (Å²) >= 11 is 0. The van der Waals surface area contributed by atoms with Crippen molar-refractivity contribution in [3.05, 3.63) is 18.2 Å². The van der Waals surface area contributed by atoms with Crippen molar-refractivity contribution >= 4 is 11.8 Å². The van der Waals surface area contributed by atoms with Gasteiger partial charge in [0.25, 0.3) is 6.43 Å². The van der Waals surface area contributed by atoms with Gasteiger partial charge in [0.15, 0.2) is 6.61 Å². The van der Waals surface area contributed by atoms with Gasteiger partial charge in [0.05, 0.1) is 0 Å². The minimum absolute atomic E-state index is 0.0795. The summed E-state index contributed by atoms with van der Waals surface area (Å²) in [5.41, 5.74) is 0.283. The summed E-state index contributed by atoms with van der Waals surface area (Å²) in [5.74, 6) is 1.04. The molecule has 0 radical (unpaired) electrons. The van der Waals surface area contributed by atoms with Crippen LogP contribution in [0, 0.1) is 11.3 Å². The Hall–Kier alpha value is -1.92. The second-order valence-corrected chi connectivity index (χ2v) is 6.82. The molecule has 1 unspecified atom stereocenters. The van der Waals surface area contributed by atoms with Crippen molar-refractivity contribution in [1.82, 2.24) is 9.88 Å². The topological polar surface area (TPSA) is 54.5 Å². The first kappa shape index (κ1) is 16.9. The third kappa shape index (κ3) is 3.60. The molecule has 5 nitrogen and oxygen atoms in total. The number of carbonyl (C=O) groups is 1. The molecule has 1 aromatic heterocycles. The number of alkyl halides is 2. The summed E-state index contributed by atoms with van der Waals surface area (Å²) in [4.78, 5) is 18.4. The lowest BCUT2D eigenvalue weighted by atomic mass is 9.59. The third-order valence-electron chi connectivity index (χ3n) is 5.34. The first-order chi connectivity index (χ1) is 11.5. The van der Waals surface area contributed by atoms with Crippen LogP contribution < -0.4 is 10.1 Å². The van der Waals surface area contributed by atoms with Gasteiger partial charge >= 0.3 is 6.03 Å². The SMILES string of the molecule is CC1CCN(C(=O)Nc2cccc(OCC(F)F)n2)CC12CCC2. The Morgan fingerprint density at radius 3 is 2.96 bits per heavy atom. The van der Waals surface area contributed by atoms with E-state index in [1.165, 1.54) is 25.3 Å². The molecule has 2 heterocycles. The standard InChI is InChI=1S/C17H23F2N3O2/c1-12-6-9-22(11-17(12)7-3-8-17)16(23)21-14-4-2-5-15(20-14)24-10-13(18)19/h2,4-5,12-13H,3,6-11H2,1H3,(H,20,21,23). The molecular weight excluding hydrogens is 316 g/mol. The number of aromatic nitrogens is 1. The second-order valence-electron chi connectivity index (χ2n) is 6.82. The minimum Gasteiger partial charge on any atom is -0.472 e. The summed E-state index contributed by atoms with van der Waals surface area (Å²) in [6.45, 7) is 3.08. The fraction of sp³-hybridized carbons (Fsp3) is 0.647. The number of likely N-dealkylation sites (tertiary alicyclic amines) is 1. The number of pyridine rings is 1. The first-order valence-electron chi connectivity index (χ1n) is 8.42. The van der Waals surface area contributed by atoms with Crippen LogP contribution in [-0.2, 0) is 0 Å². The minimum atomic E-state index is -2.56. The predicted molar refractivity (Wildman–Crippen MR) is 86.4 cm³/mol. The van der Waals surface area contributed by atoms with E-state index in [0.29, 0.717) is 11.7 Å². The molecule has 1 saturated heterocycles. The molecule has 1 spiro atoms. The highest BCUT2D eigenvalue weighted by Gasteiger charge is 2.46. The van der Waals surface area contributed by atoms with Gasteiger partial charge in [-0.25, -0.2) is 13.6 Å². The van der Waals surface area contributed by atoms with Gasteiger partial charge in [-0.2, -0.15) is 4.98 Å². The Morgan fingerprint density at radius 2 is 2.29 bits per heavy atom. The van der Waals surface area contributed by atoms with Crippen molar-refractivity contribution < 1.29 is 18.3 Å². The van der Waals surface area contributed by atoms with Gasteiger partial charge < -0.3 is 9.64 Å². The summed E-state index contributed by atoms with van der Waals surface area (Å²) < 4.78 is 29.3. The van der Waals surface area contributed by atoms with Crippen LogP contribution in [0.1, 0.15) is 32.6 Å². The molecule has 1 aliphatic carbocycles. The number of amides is 2. The van der Waals surface area contributed by atoms with Crippen LogP contribution in [0.2, 0.25) is 0 Å². The van der Waals surface area contributed by atoms with Crippen LogP contribution in [0.4, 0.5) is 19.4 Å². The molecule has 2 aliphatic rings. The first-order valence-corrected chi connectivity index (χ1v) is 8.42. The number of urea groups is 1. The maximum atomic E-state index is 12.5. The summed E-state index contributed by atoms with van der Waals surface area (Å²) in [5, 5.41) is 2.75.